The van der Waals surface area contributed by atoms with Crippen molar-refractivity contribution in [3.8, 4) is 0 Å². The van der Waals surface area contributed by atoms with Gasteiger partial charge in [-0.1, -0.05) is 47.5 Å². The molecule has 4 heteroatoms. The fraction of sp³-hybridized carbons (Fsp3) is 0.222. The number of aromatic nitrogens is 1. The quantitative estimate of drug-likeness (QED) is 0.579. The van der Waals surface area contributed by atoms with Gasteiger partial charge in [0.05, 0.1) is 5.92 Å². The largest absolute Gasteiger partial charge is 0.361 e. The highest BCUT2D eigenvalue weighted by atomic mass is 16.6. The molecule has 22 heavy (non-hydrogen) atoms. The van der Waals surface area contributed by atoms with Gasteiger partial charge < -0.3 is 4.98 Å². The van der Waals surface area contributed by atoms with Crippen molar-refractivity contribution in [2.75, 3.05) is 6.54 Å². The molecule has 3 rings (SSSR count). The van der Waals surface area contributed by atoms with Gasteiger partial charge in [-0.25, -0.2) is 0 Å². The summed E-state index contributed by atoms with van der Waals surface area (Å²) in [5.74, 6) is -0.246. The molecule has 112 valence electrons. The number of rotatable bonds is 4. The second kappa shape index (κ2) is 5.64. The minimum Gasteiger partial charge on any atom is -0.361 e. The summed E-state index contributed by atoms with van der Waals surface area (Å²) in [7, 11) is 0. The summed E-state index contributed by atoms with van der Waals surface area (Å²) in [5.41, 5.74) is 5.25. The Balaban J connectivity index is 2.16. The Labute approximate surface area is 128 Å². The van der Waals surface area contributed by atoms with Crippen LogP contribution in [-0.4, -0.2) is 16.5 Å². The maximum atomic E-state index is 11.2. The Bertz CT molecular complexity index is 816. The number of aromatic amines is 1. The van der Waals surface area contributed by atoms with Crippen LogP contribution in [0.1, 0.15) is 28.2 Å². The molecule has 1 atom stereocenters. The lowest BCUT2D eigenvalue weighted by atomic mass is 9.89. The third-order valence-corrected chi connectivity index (χ3v) is 3.97. The van der Waals surface area contributed by atoms with Gasteiger partial charge in [0.15, 0.2) is 0 Å². The van der Waals surface area contributed by atoms with Crippen LogP contribution in [0.4, 0.5) is 0 Å². The monoisotopic (exact) mass is 294 g/mol. The van der Waals surface area contributed by atoms with Gasteiger partial charge in [-0.3, -0.25) is 10.1 Å². The van der Waals surface area contributed by atoms with E-state index < -0.39 is 0 Å². The molecule has 3 aromatic rings. The van der Waals surface area contributed by atoms with Crippen LogP contribution in [0.5, 0.6) is 0 Å². The van der Waals surface area contributed by atoms with Crippen LogP contribution >= 0.6 is 0 Å². The van der Waals surface area contributed by atoms with E-state index in [-0.39, 0.29) is 17.4 Å². The number of hydrogen-bond donors (Lipinski definition) is 1. The Morgan fingerprint density at radius 2 is 1.82 bits per heavy atom. The van der Waals surface area contributed by atoms with Crippen LogP contribution in [0.15, 0.2) is 48.7 Å². The first-order valence-electron chi connectivity index (χ1n) is 7.30. The standard InChI is InChI=1S/C18H18N2O2/c1-12-7-13(2)9-14(8-12)17(11-20(21)22)16-10-19-18-6-4-3-5-15(16)18/h3-10,17,19H,11H2,1-2H3/t17-/m1/s1. The third-order valence-electron chi connectivity index (χ3n) is 3.97. The maximum absolute atomic E-state index is 11.2. The molecule has 0 aliphatic rings. The molecule has 0 unspecified atom stereocenters. The first-order chi connectivity index (χ1) is 10.5. The predicted molar refractivity (Wildman–Crippen MR) is 87.9 cm³/mol. The zero-order valence-corrected chi connectivity index (χ0v) is 12.7. The lowest BCUT2D eigenvalue weighted by Gasteiger charge is -2.14. The molecule has 2 aromatic carbocycles. The Morgan fingerprint density at radius 3 is 2.50 bits per heavy atom. The number of aryl methyl sites for hydroxylation is 2. The van der Waals surface area contributed by atoms with Crippen molar-refractivity contribution in [1.82, 2.24) is 4.98 Å². The van der Waals surface area contributed by atoms with E-state index in [1.165, 1.54) is 0 Å². The number of para-hydroxylation sites is 1. The van der Waals surface area contributed by atoms with Crippen LogP contribution in [0.2, 0.25) is 0 Å². The zero-order chi connectivity index (χ0) is 15.7. The molecular weight excluding hydrogens is 276 g/mol. The molecular formula is C18H18N2O2. The van der Waals surface area contributed by atoms with Crippen LogP contribution in [-0.2, 0) is 0 Å². The van der Waals surface area contributed by atoms with E-state index in [9.17, 15) is 10.1 Å². The highest BCUT2D eigenvalue weighted by molar-refractivity contribution is 5.84. The Morgan fingerprint density at radius 1 is 1.14 bits per heavy atom. The van der Waals surface area contributed by atoms with Crippen molar-refractivity contribution in [3.63, 3.8) is 0 Å². The molecule has 4 nitrogen and oxygen atoms in total. The molecule has 0 spiro atoms. The molecule has 1 heterocycles. The molecule has 0 aliphatic carbocycles. The molecule has 0 saturated carbocycles. The molecule has 0 aliphatic heterocycles. The second-order valence-electron chi connectivity index (χ2n) is 5.78. The minimum atomic E-state index is -0.246. The average molecular weight is 294 g/mol. The van der Waals surface area contributed by atoms with Crippen molar-refractivity contribution in [2.24, 2.45) is 0 Å². The van der Waals surface area contributed by atoms with Crippen molar-refractivity contribution < 1.29 is 4.92 Å². The lowest BCUT2D eigenvalue weighted by Crippen LogP contribution is -2.14. The summed E-state index contributed by atoms with van der Waals surface area (Å²) in [6, 6.07) is 14.1. The van der Waals surface area contributed by atoms with Crippen molar-refractivity contribution in [1.29, 1.82) is 0 Å². The normalized spacial score (nSPS) is 12.5. The second-order valence-corrected chi connectivity index (χ2v) is 5.78. The predicted octanol–water partition coefficient (Wildman–Crippen LogP) is 4.19. The van der Waals surface area contributed by atoms with E-state index in [1.807, 2.05) is 56.4 Å². The fourth-order valence-corrected chi connectivity index (χ4v) is 3.13. The summed E-state index contributed by atoms with van der Waals surface area (Å²) in [6.45, 7) is 3.94. The Kier molecular flexibility index (Phi) is 3.67. The highest BCUT2D eigenvalue weighted by Gasteiger charge is 2.23. The summed E-state index contributed by atoms with van der Waals surface area (Å²) < 4.78 is 0. The van der Waals surface area contributed by atoms with Gasteiger partial charge in [0.1, 0.15) is 0 Å². The first kappa shape index (κ1) is 14.3. The lowest BCUT2D eigenvalue weighted by molar-refractivity contribution is -0.481. The summed E-state index contributed by atoms with van der Waals surface area (Å²) in [4.78, 5) is 14.2. The van der Waals surface area contributed by atoms with Crippen molar-refractivity contribution in [3.05, 3.63) is 81.0 Å². The van der Waals surface area contributed by atoms with E-state index in [0.717, 1.165) is 33.2 Å². The van der Waals surface area contributed by atoms with Gasteiger partial charge in [0.25, 0.3) is 0 Å². The van der Waals surface area contributed by atoms with Crippen molar-refractivity contribution in [2.45, 2.75) is 19.8 Å². The maximum Gasteiger partial charge on any atom is 0.214 e. The van der Waals surface area contributed by atoms with E-state index in [2.05, 4.69) is 11.1 Å². The molecule has 0 bridgehead atoms. The minimum absolute atomic E-state index is 0.106. The number of nitro groups is 1. The molecule has 0 saturated heterocycles. The summed E-state index contributed by atoms with van der Waals surface area (Å²) >= 11 is 0. The number of benzene rings is 2. The zero-order valence-electron chi connectivity index (χ0n) is 12.7. The van der Waals surface area contributed by atoms with Crippen molar-refractivity contribution >= 4 is 10.9 Å². The smallest absolute Gasteiger partial charge is 0.214 e. The van der Waals surface area contributed by atoms with Gasteiger partial charge in [-0.05, 0) is 31.0 Å². The average Bonchev–Trinajstić information content (AvgIpc) is 2.87. The number of H-pyrrole nitrogens is 1. The topological polar surface area (TPSA) is 58.9 Å². The van der Waals surface area contributed by atoms with Crippen LogP contribution < -0.4 is 0 Å². The van der Waals surface area contributed by atoms with Gasteiger partial charge in [-0.2, -0.15) is 0 Å². The van der Waals surface area contributed by atoms with Crippen LogP contribution in [0.3, 0.4) is 0 Å². The number of nitrogens with zero attached hydrogens (tertiary/aromatic N) is 1. The van der Waals surface area contributed by atoms with E-state index in [4.69, 9.17) is 0 Å². The third kappa shape index (κ3) is 2.72. The molecule has 0 fully saturated rings. The van der Waals surface area contributed by atoms with E-state index in [0.29, 0.717) is 0 Å². The molecule has 1 N–H and O–H groups in total. The summed E-state index contributed by atoms with van der Waals surface area (Å²) in [5, 5.41) is 12.2. The fourth-order valence-electron chi connectivity index (χ4n) is 3.13. The first-order valence-corrected chi connectivity index (χ1v) is 7.30. The van der Waals surface area contributed by atoms with E-state index >= 15 is 0 Å². The van der Waals surface area contributed by atoms with E-state index in [1.54, 1.807) is 0 Å². The van der Waals surface area contributed by atoms with Gasteiger partial charge in [-0.15, -0.1) is 0 Å². The molecule has 0 radical (unpaired) electrons. The van der Waals surface area contributed by atoms with Gasteiger partial charge in [0, 0.05) is 22.0 Å². The van der Waals surface area contributed by atoms with Crippen LogP contribution in [0.25, 0.3) is 10.9 Å². The van der Waals surface area contributed by atoms with Crippen LogP contribution in [0, 0.1) is 24.0 Å². The molecule has 1 aromatic heterocycles. The highest BCUT2D eigenvalue weighted by Crippen LogP contribution is 2.32. The number of fused-ring (bicyclic) bond motifs is 1. The van der Waals surface area contributed by atoms with Gasteiger partial charge >= 0.3 is 0 Å². The SMILES string of the molecule is Cc1cc(C)cc([C@@H](C[N+](=O)[O-])c2c[nH]c3ccccc23)c1. The van der Waals surface area contributed by atoms with Gasteiger partial charge in [0.2, 0.25) is 6.54 Å². The number of hydrogen-bond acceptors (Lipinski definition) is 2. The summed E-state index contributed by atoms with van der Waals surface area (Å²) in [6.07, 6.45) is 1.90. The Hall–Kier alpha value is -2.62. The number of nitrogens with one attached hydrogen (secondary N) is 1. The molecule has 0 amide bonds.